The summed E-state index contributed by atoms with van der Waals surface area (Å²) >= 11 is 0. The summed E-state index contributed by atoms with van der Waals surface area (Å²) in [5.41, 5.74) is 2.08. The lowest BCUT2D eigenvalue weighted by molar-refractivity contribution is -0.117. The summed E-state index contributed by atoms with van der Waals surface area (Å²) < 4.78 is 5.45. The van der Waals surface area contributed by atoms with Crippen molar-refractivity contribution in [2.45, 2.75) is 19.8 Å². The minimum Gasteiger partial charge on any atom is -0.379 e. The molecule has 2 N–H and O–H groups in total. The van der Waals surface area contributed by atoms with E-state index >= 15 is 0 Å². The minimum absolute atomic E-state index is 0.0477. The third-order valence-electron chi connectivity index (χ3n) is 3.13. The number of amides is 1. The fourth-order valence-corrected chi connectivity index (χ4v) is 1.58. The van der Waals surface area contributed by atoms with Gasteiger partial charge in [0, 0.05) is 31.8 Å². The molecule has 0 aromatic rings. The smallest absolute Gasteiger partial charge is 0.247 e. The van der Waals surface area contributed by atoms with Crippen LogP contribution in [0.3, 0.4) is 0 Å². The Hall–Kier alpha value is -0.870. The summed E-state index contributed by atoms with van der Waals surface area (Å²) in [6.45, 7) is 5.71. The van der Waals surface area contributed by atoms with Gasteiger partial charge in [0.15, 0.2) is 0 Å². The van der Waals surface area contributed by atoms with Gasteiger partial charge in [-0.2, -0.15) is 0 Å². The van der Waals surface area contributed by atoms with Crippen molar-refractivity contribution >= 4 is 5.91 Å². The number of nitrogens with one attached hydrogen (secondary N) is 2. The third kappa shape index (κ3) is 3.32. The highest BCUT2D eigenvalue weighted by Gasteiger charge is 2.21. The Morgan fingerprint density at radius 3 is 2.81 bits per heavy atom. The second-order valence-corrected chi connectivity index (χ2v) is 4.61. The first kappa shape index (κ1) is 11.6. The molecular weight excluding hydrogens is 204 g/mol. The number of hydrogen-bond donors (Lipinski definition) is 2. The Morgan fingerprint density at radius 1 is 1.50 bits per heavy atom. The predicted octanol–water partition coefficient (Wildman–Crippen LogP) is 0.449. The first-order valence-corrected chi connectivity index (χ1v) is 6.02. The van der Waals surface area contributed by atoms with E-state index in [9.17, 15) is 4.79 Å². The van der Waals surface area contributed by atoms with E-state index in [1.165, 1.54) is 18.4 Å². The van der Waals surface area contributed by atoms with Gasteiger partial charge in [0.1, 0.15) is 0 Å². The molecule has 1 saturated carbocycles. The van der Waals surface area contributed by atoms with Gasteiger partial charge < -0.3 is 15.4 Å². The molecule has 2 aliphatic rings. The fraction of sp³-hybridized carbons (Fsp3) is 0.750. The first-order valence-electron chi connectivity index (χ1n) is 6.02. The molecule has 0 aromatic heterocycles. The number of ether oxygens (including phenoxy) is 1. The van der Waals surface area contributed by atoms with Crippen molar-refractivity contribution in [1.29, 1.82) is 0 Å². The molecule has 16 heavy (non-hydrogen) atoms. The first-order chi connectivity index (χ1) is 7.77. The Morgan fingerprint density at radius 2 is 2.25 bits per heavy atom. The van der Waals surface area contributed by atoms with Gasteiger partial charge >= 0.3 is 0 Å². The molecule has 1 amide bonds. The van der Waals surface area contributed by atoms with E-state index in [-0.39, 0.29) is 5.91 Å². The van der Waals surface area contributed by atoms with Gasteiger partial charge in [-0.1, -0.05) is 0 Å². The van der Waals surface area contributed by atoms with Crippen LogP contribution >= 0.6 is 0 Å². The van der Waals surface area contributed by atoms with E-state index in [0.29, 0.717) is 13.2 Å². The molecule has 1 aliphatic carbocycles. The Balaban J connectivity index is 1.56. The number of rotatable bonds is 6. The van der Waals surface area contributed by atoms with Crippen molar-refractivity contribution in [3.8, 4) is 0 Å². The van der Waals surface area contributed by atoms with Crippen molar-refractivity contribution in [2.24, 2.45) is 5.92 Å². The molecule has 0 spiro atoms. The molecule has 0 bridgehead atoms. The van der Waals surface area contributed by atoms with Crippen LogP contribution in [0.4, 0.5) is 0 Å². The van der Waals surface area contributed by atoms with E-state index < -0.39 is 0 Å². The Kier molecular flexibility index (Phi) is 3.96. The second kappa shape index (κ2) is 5.46. The molecule has 0 aromatic carbocycles. The zero-order chi connectivity index (χ0) is 11.4. The van der Waals surface area contributed by atoms with E-state index in [1.807, 2.05) is 6.92 Å². The van der Waals surface area contributed by atoms with Crippen LogP contribution < -0.4 is 10.6 Å². The Labute approximate surface area is 96.4 Å². The van der Waals surface area contributed by atoms with E-state index in [1.54, 1.807) is 0 Å². The summed E-state index contributed by atoms with van der Waals surface area (Å²) in [5.74, 6) is 0.840. The Bertz CT molecular complexity index is 289. The van der Waals surface area contributed by atoms with Gasteiger partial charge in [-0.3, -0.25) is 4.79 Å². The standard InChI is InChI=1S/C12H20N2O2/c1-9(11-6-13-7-11)12(15)14-4-5-16-8-10-2-3-10/h10,13H,2-8H2,1H3,(H,14,15). The molecule has 0 radical (unpaired) electrons. The van der Waals surface area contributed by atoms with Crippen molar-refractivity contribution in [2.75, 3.05) is 32.8 Å². The molecule has 90 valence electrons. The van der Waals surface area contributed by atoms with Crippen LogP contribution in [-0.4, -0.2) is 38.8 Å². The van der Waals surface area contributed by atoms with Crippen molar-refractivity contribution in [3.05, 3.63) is 11.1 Å². The van der Waals surface area contributed by atoms with Crippen LogP contribution in [0.15, 0.2) is 11.1 Å². The normalized spacial score (nSPS) is 19.2. The van der Waals surface area contributed by atoms with Gasteiger partial charge in [0.25, 0.3) is 0 Å². The third-order valence-corrected chi connectivity index (χ3v) is 3.13. The van der Waals surface area contributed by atoms with Crippen molar-refractivity contribution in [3.63, 3.8) is 0 Å². The van der Waals surface area contributed by atoms with Crippen LogP contribution in [0.2, 0.25) is 0 Å². The molecule has 1 aliphatic heterocycles. The highest BCUT2D eigenvalue weighted by Crippen LogP contribution is 2.28. The van der Waals surface area contributed by atoms with Crippen LogP contribution in [0.1, 0.15) is 19.8 Å². The monoisotopic (exact) mass is 224 g/mol. The van der Waals surface area contributed by atoms with Crippen LogP contribution in [0, 0.1) is 5.92 Å². The maximum atomic E-state index is 11.6. The second-order valence-electron chi connectivity index (χ2n) is 4.61. The zero-order valence-electron chi connectivity index (χ0n) is 9.84. The molecule has 2 fully saturated rings. The molecule has 4 nitrogen and oxygen atoms in total. The highest BCUT2D eigenvalue weighted by molar-refractivity contribution is 5.93. The zero-order valence-corrected chi connectivity index (χ0v) is 9.84. The maximum Gasteiger partial charge on any atom is 0.247 e. The SMILES string of the molecule is CC(C(=O)NCCOCC1CC1)=C1CNC1. The summed E-state index contributed by atoms with van der Waals surface area (Å²) in [7, 11) is 0. The largest absolute Gasteiger partial charge is 0.379 e. The van der Waals surface area contributed by atoms with Gasteiger partial charge in [0.05, 0.1) is 6.61 Å². The molecule has 2 rings (SSSR count). The number of carbonyl (C=O) groups excluding carboxylic acids is 1. The quantitative estimate of drug-likeness (QED) is 0.509. The number of carbonyl (C=O) groups is 1. The minimum atomic E-state index is 0.0477. The van der Waals surface area contributed by atoms with Crippen molar-refractivity contribution < 1.29 is 9.53 Å². The summed E-state index contributed by atoms with van der Waals surface area (Å²) in [5, 5.41) is 6.01. The molecule has 0 atom stereocenters. The van der Waals surface area contributed by atoms with Gasteiger partial charge in [0.2, 0.25) is 5.91 Å². The molecule has 4 heteroatoms. The molecular formula is C12H20N2O2. The van der Waals surface area contributed by atoms with E-state index in [2.05, 4.69) is 10.6 Å². The maximum absolute atomic E-state index is 11.6. The van der Waals surface area contributed by atoms with Crippen LogP contribution in [-0.2, 0) is 9.53 Å². The van der Waals surface area contributed by atoms with E-state index in [4.69, 9.17) is 4.74 Å². The lowest BCUT2D eigenvalue weighted by Crippen LogP contribution is -2.38. The average molecular weight is 224 g/mol. The molecule has 1 heterocycles. The number of hydrogen-bond acceptors (Lipinski definition) is 3. The highest BCUT2D eigenvalue weighted by atomic mass is 16.5. The van der Waals surface area contributed by atoms with Crippen molar-refractivity contribution in [1.82, 2.24) is 10.6 Å². The molecule has 1 saturated heterocycles. The summed E-state index contributed by atoms with van der Waals surface area (Å²) in [6.07, 6.45) is 2.62. The van der Waals surface area contributed by atoms with Crippen LogP contribution in [0.5, 0.6) is 0 Å². The van der Waals surface area contributed by atoms with Crippen LogP contribution in [0.25, 0.3) is 0 Å². The average Bonchev–Trinajstić information content (AvgIpc) is 2.98. The lowest BCUT2D eigenvalue weighted by Gasteiger charge is -2.21. The predicted molar refractivity (Wildman–Crippen MR) is 62.1 cm³/mol. The topological polar surface area (TPSA) is 50.4 Å². The summed E-state index contributed by atoms with van der Waals surface area (Å²) in [6, 6.07) is 0. The fourth-order valence-electron chi connectivity index (χ4n) is 1.58. The van der Waals surface area contributed by atoms with Gasteiger partial charge in [-0.15, -0.1) is 0 Å². The molecule has 0 unspecified atom stereocenters. The lowest BCUT2D eigenvalue weighted by atomic mass is 10.0. The summed E-state index contributed by atoms with van der Waals surface area (Å²) in [4.78, 5) is 11.6. The van der Waals surface area contributed by atoms with Gasteiger partial charge in [-0.25, -0.2) is 0 Å². The van der Waals surface area contributed by atoms with E-state index in [0.717, 1.165) is 31.2 Å². The van der Waals surface area contributed by atoms with Gasteiger partial charge in [-0.05, 0) is 31.3 Å².